The smallest absolute Gasteiger partial charge is 0.346 e. The van der Waals surface area contributed by atoms with Crippen molar-refractivity contribution in [1.82, 2.24) is 0 Å². The highest BCUT2D eigenvalue weighted by Gasteiger charge is 2.46. The Morgan fingerprint density at radius 3 is 2.34 bits per heavy atom. The lowest BCUT2D eigenvalue weighted by Crippen LogP contribution is -2.56. The average Bonchev–Trinajstić information content (AvgIpc) is 3.47. The van der Waals surface area contributed by atoms with E-state index >= 15 is 0 Å². The summed E-state index contributed by atoms with van der Waals surface area (Å²) in [4.78, 5) is 31.6. The lowest BCUT2D eigenvalue weighted by Gasteiger charge is -2.45. The molecule has 6 rings (SSSR count). The number of rotatable bonds is 6. The van der Waals surface area contributed by atoms with Crippen molar-refractivity contribution in [2.75, 3.05) is 18.1 Å². The first-order chi connectivity index (χ1) is 21.3. The molecular weight excluding hydrogens is 607 g/mol. The van der Waals surface area contributed by atoms with Crippen molar-refractivity contribution in [2.24, 2.45) is 0 Å². The van der Waals surface area contributed by atoms with Crippen molar-refractivity contribution in [3.05, 3.63) is 117 Å². The van der Waals surface area contributed by atoms with Crippen LogP contribution >= 0.6 is 35.7 Å². The maximum Gasteiger partial charge on any atom is 0.346 e. The predicted molar refractivity (Wildman–Crippen MR) is 187 cm³/mol. The van der Waals surface area contributed by atoms with Crippen molar-refractivity contribution in [3.8, 4) is 5.75 Å². The number of ether oxygens (including phenoxy) is 2. The quantitative estimate of drug-likeness (QED) is 0.119. The maximum atomic E-state index is 14.6. The molecule has 4 aromatic rings. The molecule has 8 heteroatoms. The lowest BCUT2D eigenvalue weighted by molar-refractivity contribution is -0.137. The Morgan fingerprint density at radius 2 is 1.59 bits per heavy atom. The molecular formula is C36H31NO4S3. The second-order valence-corrected chi connectivity index (χ2v) is 13.5. The van der Waals surface area contributed by atoms with Crippen molar-refractivity contribution < 1.29 is 19.1 Å². The molecule has 0 saturated carbocycles. The number of nitrogens with zero attached hydrogens (tertiary/aromatic N) is 1. The van der Waals surface area contributed by atoms with E-state index in [4.69, 9.17) is 21.7 Å². The fourth-order valence-corrected chi connectivity index (χ4v) is 8.74. The van der Waals surface area contributed by atoms with Crippen LogP contribution in [0.15, 0.2) is 100 Å². The molecule has 0 radical (unpaired) electrons. The van der Waals surface area contributed by atoms with Gasteiger partial charge in [-0.2, -0.15) is 0 Å². The minimum atomic E-state index is -0.869. The average molecular weight is 638 g/mol. The highest BCUT2D eigenvalue weighted by Crippen LogP contribution is 2.59. The minimum absolute atomic E-state index is 0.134. The van der Waals surface area contributed by atoms with Gasteiger partial charge in [0.15, 0.2) is 0 Å². The summed E-state index contributed by atoms with van der Waals surface area (Å²) in [6.07, 6.45) is 0. The molecule has 0 bridgehead atoms. The molecule has 5 nitrogen and oxygen atoms in total. The van der Waals surface area contributed by atoms with E-state index in [1.165, 1.54) is 23.5 Å². The molecule has 0 aromatic heterocycles. The summed E-state index contributed by atoms with van der Waals surface area (Å²) in [7, 11) is 0. The third-order valence-electron chi connectivity index (χ3n) is 7.65. The van der Waals surface area contributed by atoms with Gasteiger partial charge in [-0.3, -0.25) is 9.69 Å². The molecule has 0 spiro atoms. The monoisotopic (exact) mass is 637 g/mol. The number of hydrogen-bond donors (Lipinski definition) is 0. The fraction of sp³-hybridized carbons (Fsp3) is 0.194. The summed E-state index contributed by atoms with van der Waals surface area (Å²) in [5, 5.41) is 1.88. The van der Waals surface area contributed by atoms with E-state index in [2.05, 4.69) is 0 Å². The molecule has 0 fully saturated rings. The molecule has 0 aliphatic carbocycles. The first-order valence-electron chi connectivity index (χ1n) is 14.5. The number of carbonyl (C=O) groups excluding carboxylic acids is 2. The zero-order chi connectivity index (χ0) is 31.0. The van der Waals surface area contributed by atoms with Gasteiger partial charge in [0.1, 0.15) is 10.7 Å². The van der Waals surface area contributed by atoms with Crippen molar-refractivity contribution in [3.63, 3.8) is 0 Å². The topological polar surface area (TPSA) is 55.8 Å². The third kappa shape index (κ3) is 5.25. The number of benzene rings is 4. The van der Waals surface area contributed by atoms with E-state index in [-0.39, 0.29) is 18.5 Å². The van der Waals surface area contributed by atoms with E-state index in [1.807, 2.05) is 117 Å². The van der Waals surface area contributed by atoms with Crippen molar-refractivity contribution in [2.45, 2.75) is 33.2 Å². The number of thioether (sulfide) groups is 2. The lowest BCUT2D eigenvalue weighted by atomic mass is 9.82. The van der Waals surface area contributed by atoms with Crippen LogP contribution in [-0.2, 0) is 9.53 Å². The summed E-state index contributed by atoms with van der Waals surface area (Å²) < 4.78 is 12.3. The second-order valence-electron chi connectivity index (χ2n) is 10.8. The van der Waals surface area contributed by atoms with Crippen LogP contribution < -0.4 is 9.64 Å². The summed E-state index contributed by atoms with van der Waals surface area (Å²) >= 11 is 9.18. The largest absolute Gasteiger partial charge is 0.494 e. The highest BCUT2D eigenvalue weighted by atomic mass is 32.2. The van der Waals surface area contributed by atoms with Gasteiger partial charge in [-0.1, -0.05) is 102 Å². The predicted octanol–water partition coefficient (Wildman–Crippen LogP) is 9.13. The van der Waals surface area contributed by atoms with Crippen molar-refractivity contribution in [1.29, 1.82) is 0 Å². The van der Waals surface area contributed by atoms with Gasteiger partial charge >= 0.3 is 5.97 Å². The molecule has 0 atom stereocenters. The maximum absolute atomic E-state index is 14.6. The number of esters is 1. The van der Waals surface area contributed by atoms with E-state index < -0.39 is 5.54 Å². The molecule has 0 saturated heterocycles. The Hall–Kier alpha value is -3.85. The van der Waals surface area contributed by atoms with E-state index in [0.29, 0.717) is 27.7 Å². The van der Waals surface area contributed by atoms with Gasteiger partial charge < -0.3 is 9.47 Å². The van der Waals surface area contributed by atoms with Gasteiger partial charge in [0.2, 0.25) is 0 Å². The summed E-state index contributed by atoms with van der Waals surface area (Å²) in [6, 6.07) is 29.3. The Bertz CT molecular complexity index is 1870. The number of carbonyl (C=O) groups is 2. The fourth-order valence-electron chi connectivity index (χ4n) is 5.61. The van der Waals surface area contributed by atoms with Crippen LogP contribution in [0.3, 0.4) is 0 Å². The van der Waals surface area contributed by atoms with Crippen molar-refractivity contribution >= 4 is 79.4 Å². The van der Waals surface area contributed by atoms with Gasteiger partial charge in [0.25, 0.3) is 5.91 Å². The van der Waals surface area contributed by atoms with Crippen LogP contribution in [0.25, 0.3) is 21.3 Å². The van der Waals surface area contributed by atoms with E-state index in [0.717, 1.165) is 42.3 Å². The van der Waals surface area contributed by atoms with Crippen LogP contribution in [0, 0.1) is 0 Å². The van der Waals surface area contributed by atoms with Crippen LogP contribution in [0.1, 0.15) is 49.2 Å². The normalized spacial score (nSPS) is 17.5. The van der Waals surface area contributed by atoms with Gasteiger partial charge in [-0.25, -0.2) is 4.79 Å². The molecule has 222 valence electrons. The van der Waals surface area contributed by atoms with Gasteiger partial charge in [0, 0.05) is 21.6 Å². The van der Waals surface area contributed by atoms with Crippen LogP contribution in [-0.4, -0.2) is 35.5 Å². The number of thiocarbonyl (C=S) groups is 1. The summed E-state index contributed by atoms with van der Waals surface area (Å²) in [5.74, 6) is 0.182. The second kappa shape index (κ2) is 12.3. The highest BCUT2D eigenvalue weighted by molar-refractivity contribution is 8.32. The molecule has 2 aliphatic rings. The number of fused-ring (bicyclic) bond motifs is 2. The molecule has 0 unspecified atom stereocenters. The SMILES string of the molecule is CCOC(=O)C1=C(c2ccccc2)SC(=C2C(=S)C(C)(C)N(C(=O)c3cccc4ccccc34)c3ccc(OCC)cc32)S1. The molecule has 0 N–H and O–H groups in total. The molecule has 4 aromatic carbocycles. The number of amides is 1. The Kier molecular flexibility index (Phi) is 8.42. The van der Waals surface area contributed by atoms with Crippen LogP contribution in [0.4, 0.5) is 5.69 Å². The first kappa shape index (κ1) is 30.2. The van der Waals surface area contributed by atoms with Gasteiger partial charge in [-0.05, 0) is 68.3 Å². The molecule has 2 heterocycles. The van der Waals surface area contributed by atoms with E-state index in [9.17, 15) is 9.59 Å². The number of anilines is 1. The molecule has 2 aliphatic heterocycles. The summed E-state index contributed by atoms with van der Waals surface area (Å²) in [6.45, 7) is 8.49. The van der Waals surface area contributed by atoms with Crippen LogP contribution in [0.5, 0.6) is 5.75 Å². The zero-order valence-electron chi connectivity index (χ0n) is 24.9. The van der Waals surface area contributed by atoms with Gasteiger partial charge in [-0.15, -0.1) is 0 Å². The molecule has 1 amide bonds. The van der Waals surface area contributed by atoms with Gasteiger partial charge in [0.05, 0.1) is 33.5 Å². The third-order valence-corrected chi connectivity index (χ3v) is 11.0. The zero-order valence-corrected chi connectivity index (χ0v) is 27.3. The Labute approximate surface area is 271 Å². The standard InChI is InChI=1S/C36H31NO4S3/c1-5-40-24-19-20-28-27(21-24)29(35-43-30(23-14-8-7-9-15-23)31(44-35)34(39)41-6-2)32(42)36(3,4)37(28)33(38)26-18-12-16-22-13-10-11-17-25(22)26/h7-21H,5-6H2,1-4H3. The Morgan fingerprint density at radius 1 is 0.864 bits per heavy atom. The summed E-state index contributed by atoms with van der Waals surface area (Å²) in [5.41, 5.74) is 3.03. The Balaban J connectivity index is 1.54. The number of hydrogen-bond acceptors (Lipinski definition) is 7. The first-order valence-corrected chi connectivity index (χ1v) is 16.5. The van der Waals surface area contributed by atoms with E-state index in [1.54, 1.807) is 6.92 Å². The molecule has 44 heavy (non-hydrogen) atoms. The van der Waals surface area contributed by atoms with Crippen LogP contribution in [0.2, 0.25) is 0 Å². The minimum Gasteiger partial charge on any atom is -0.494 e.